The van der Waals surface area contributed by atoms with Crippen LogP contribution in [-0.2, 0) is 16.2 Å². The van der Waals surface area contributed by atoms with Crippen molar-refractivity contribution in [1.29, 1.82) is 0 Å². The fourth-order valence-corrected chi connectivity index (χ4v) is 17.5. The van der Waals surface area contributed by atoms with Crippen molar-refractivity contribution in [3.05, 3.63) is 385 Å². The molecule has 2 aliphatic heterocycles. The fourth-order valence-electron chi connectivity index (χ4n) is 17.5. The number of benzene rings is 15. The lowest BCUT2D eigenvalue weighted by Gasteiger charge is -2.46. The average Bonchev–Trinajstić information content (AvgIpc) is 1.43. The van der Waals surface area contributed by atoms with Gasteiger partial charge in [-0.1, -0.05) is 333 Å². The van der Waals surface area contributed by atoms with Gasteiger partial charge in [0.15, 0.2) is 0 Å². The van der Waals surface area contributed by atoms with Crippen LogP contribution in [0.4, 0.5) is 34.1 Å². The van der Waals surface area contributed by atoms with Gasteiger partial charge in [-0.05, 0) is 166 Å². The quantitative estimate of drug-likeness (QED) is 0.126. The Bertz CT molecular complexity index is 5790. The highest BCUT2D eigenvalue weighted by molar-refractivity contribution is 7.00. The summed E-state index contributed by atoms with van der Waals surface area (Å²) in [6.45, 7) is 13.9. The Labute approximate surface area is 605 Å². The molecule has 1 aliphatic carbocycles. The van der Waals surface area contributed by atoms with Crippen LogP contribution >= 0.6 is 0 Å². The first-order valence-electron chi connectivity index (χ1n) is 36.3. The van der Waals surface area contributed by atoms with Crippen LogP contribution in [0.5, 0.6) is 0 Å². The van der Waals surface area contributed by atoms with Crippen molar-refractivity contribution >= 4 is 79.0 Å². The zero-order valence-electron chi connectivity index (χ0n) is 58.9. The van der Waals surface area contributed by atoms with E-state index >= 15 is 0 Å². The van der Waals surface area contributed by atoms with Crippen molar-refractivity contribution in [2.24, 2.45) is 0 Å². The van der Waals surface area contributed by atoms with Crippen LogP contribution < -0.4 is 26.2 Å². The van der Waals surface area contributed by atoms with Crippen molar-refractivity contribution in [1.82, 2.24) is 4.57 Å². The highest BCUT2D eigenvalue weighted by Crippen LogP contribution is 2.59. The fraction of sp³-hybridized carbons (Fsp3) is 0.0909. The number of aromatic nitrogens is 1. The summed E-state index contributed by atoms with van der Waals surface area (Å²) < 4.78 is 2.51. The molecule has 0 radical (unpaired) electrons. The van der Waals surface area contributed by atoms with E-state index in [9.17, 15) is 0 Å². The number of para-hydroxylation sites is 3. The van der Waals surface area contributed by atoms with E-state index in [2.05, 4.69) is 408 Å². The topological polar surface area (TPSA) is 11.4 Å². The van der Waals surface area contributed by atoms with Gasteiger partial charge in [0.1, 0.15) is 0 Å². The van der Waals surface area contributed by atoms with Crippen molar-refractivity contribution in [2.75, 3.05) is 9.80 Å². The van der Waals surface area contributed by atoms with Crippen molar-refractivity contribution in [3.63, 3.8) is 0 Å². The Kier molecular flexibility index (Phi) is 14.4. The molecule has 3 heterocycles. The maximum absolute atomic E-state index is 2.74. The van der Waals surface area contributed by atoms with E-state index in [1.54, 1.807) is 0 Å². The second-order valence-corrected chi connectivity index (χ2v) is 30.3. The van der Waals surface area contributed by atoms with E-state index in [4.69, 9.17) is 0 Å². The monoisotopic (exact) mass is 1320 g/mol. The molecule has 3 nitrogen and oxygen atoms in total. The van der Waals surface area contributed by atoms with Crippen LogP contribution in [0.15, 0.2) is 352 Å². The highest BCUT2D eigenvalue weighted by atomic mass is 15.2. The van der Waals surface area contributed by atoms with Gasteiger partial charge in [-0.3, -0.25) is 0 Å². The van der Waals surface area contributed by atoms with E-state index in [1.807, 2.05) is 0 Å². The van der Waals surface area contributed by atoms with Crippen LogP contribution in [0.25, 0.3) is 94.3 Å². The molecular formula is C99H76BN3. The smallest absolute Gasteiger partial charge is 0.252 e. The largest absolute Gasteiger partial charge is 0.310 e. The Morgan fingerprint density at radius 3 is 1.25 bits per heavy atom. The van der Waals surface area contributed by atoms with Gasteiger partial charge >= 0.3 is 0 Å². The Morgan fingerprint density at radius 2 is 0.718 bits per heavy atom. The molecule has 4 heteroatoms. The van der Waals surface area contributed by atoms with Gasteiger partial charge in [-0.25, -0.2) is 0 Å². The first-order chi connectivity index (χ1) is 50.4. The van der Waals surface area contributed by atoms with Crippen LogP contribution in [0.1, 0.15) is 74.9 Å². The molecule has 103 heavy (non-hydrogen) atoms. The predicted octanol–water partition coefficient (Wildman–Crippen LogP) is 24.2. The summed E-state index contributed by atoms with van der Waals surface area (Å²) in [6.07, 6.45) is 0. The first kappa shape index (κ1) is 61.8. The molecule has 0 amide bonds. The minimum absolute atomic E-state index is 0.181. The normalized spacial score (nSPS) is 13.4. The van der Waals surface area contributed by atoms with Crippen molar-refractivity contribution in [3.8, 4) is 72.4 Å². The molecule has 490 valence electrons. The maximum atomic E-state index is 2.74. The molecule has 16 aromatic rings. The van der Waals surface area contributed by atoms with E-state index in [-0.39, 0.29) is 17.5 Å². The maximum Gasteiger partial charge on any atom is 0.252 e. The van der Waals surface area contributed by atoms with Crippen LogP contribution in [0.2, 0.25) is 0 Å². The number of rotatable bonds is 10. The summed E-state index contributed by atoms with van der Waals surface area (Å²) >= 11 is 0. The van der Waals surface area contributed by atoms with Crippen molar-refractivity contribution in [2.45, 2.75) is 57.8 Å². The SMILES string of the molecule is CC(C)(C)c1ccc2c(c1)B1c3ccc(-n4c5ccccc5c5ccccc54)cc3N(c3c(-c4ccccc4)cc(C(C)(C)C)cc3-c3ccccc3)c3cc(-c4ccc5c(c4)C(c4ccccc4)(c4ccccc4)c4ccccc4-5)cc(c31)N2c1c(-c2ccccc2)cccc1-c1ccccc1. The molecule has 0 saturated heterocycles. The molecular weight excluding hydrogens is 1240 g/mol. The molecule has 0 unspecified atom stereocenters. The summed E-state index contributed by atoms with van der Waals surface area (Å²) in [5, 5.41) is 2.45. The number of anilines is 6. The van der Waals surface area contributed by atoms with E-state index in [0.717, 1.165) is 95.4 Å². The molecule has 1 aromatic heterocycles. The van der Waals surface area contributed by atoms with Crippen LogP contribution in [0, 0.1) is 0 Å². The summed E-state index contributed by atoms with van der Waals surface area (Å²) in [7, 11) is 0. The molecule has 0 fully saturated rings. The molecule has 19 rings (SSSR count). The standard InChI is InChI=1S/C99H76BN3/c1-97(2,3)73-53-57-90-87(63-73)100-86-56-54-75(101-88-50-29-26-45-80(88)81-46-27-30-51-89(81)101)64-91(86)103(96-82(67-36-17-9-18-37-67)61-74(98(4,5)6)62-83(96)68-38-19-10-20-39-68)93-60-70(59-92(94(93)100)102(90)95-76(65-32-13-7-14-33-65)47-31-48-77(95)66-34-15-8-16-35-66)69-52-55-79-78-44-25-28-49-84(78)99(85(79)58-69,71-40-21-11-22-41-71)72-42-23-12-24-43-72/h7-64H,1-6H3. The predicted molar refractivity (Wildman–Crippen MR) is 437 cm³/mol. The second-order valence-electron chi connectivity index (χ2n) is 30.3. The molecule has 15 aromatic carbocycles. The van der Waals surface area contributed by atoms with Gasteiger partial charge in [0.05, 0.1) is 27.8 Å². The number of nitrogens with zero attached hydrogens (tertiary/aromatic N) is 3. The highest BCUT2D eigenvalue weighted by Gasteiger charge is 2.49. The number of hydrogen-bond acceptors (Lipinski definition) is 2. The van der Waals surface area contributed by atoms with Gasteiger partial charge in [0.2, 0.25) is 0 Å². The second kappa shape index (κ2) is 24.0. The number of hydrogen-bond donors (Lipinski definition) is 0. The summed E-state index contributed by atoms with van der Waals surface area (Å²) in [4.78, 5) is 5.43. The molecule has 0 saturated carbocycles. The van der Waals surface area contributed by atoms with E-state index in [1.165, 1.54) is 82.7 Å². The van der Waals surface area contributed by atoms with Crippen LogP contribution in [-0.4, -0.2) is 11.3 Å². The zero-order chi connectivity index (χ0) is 69.3. The Hall–Kier alpha value is -12.2. The molecule has 0 spiro atoms. The average molecular weight is 1320 g/mol. The Balaban J connectivity index is 1.01. The van der Waals surface area contributed by atoms with Gasteiger partial charge in [0, 0.05) is 61.5 Å². The van der Waals surface area contributed by atoms with Crippen LogP contribution in [0.3, 0.4) is 0 Å². The molecule has 3 aliphatic rings. The minimum atomic E-state index is -0.634. The van der Waals surface area contributed by atoms with Gasteiger partial charge in [0.25, 0.3) is 6.71 Å². The van der Waals surface area contributed by atoms with Crippen molar-refractivity contribution < 1.29 is 0 Å². The molecule has 0 atom stereocenters. The third kappa shape index (κ3) is 9.79. The number of fused-ring (bicyclic) bond motifs is 10. The molecule has 0 bridgehead atoms. The molecule has 0 N–H and O–H groups in total. The van der Waals surface area contributed by atoms with E-state index < -0.39 is 5.41 Å². The lowest BCUT2D eigenvalue weighted by molar-refractivity contribution is 0.590. The summed E-state index contributed by atoms with van der Waals surface area (Å²) in [5.74, 6) is 0. The van der Waals surface area contributed by atoms with Gasteiger partial charge in [-0.15, -0.1) is 0 Å². The summed E-state index contributed by atoms with van der Waals surface area (Å²) in [5.41, 5.74) is 34.5. The summed E-state index contributed by atoms with van der Waals surface area (Å²) in [6, 6.07) is 134. The van der Waals surface area contributed by atoms with Gasteiger partial charge < -0.3 is 14.4 Å². The van der Waals surface area contributed by atoms with E-state index in [0.29, 0.717) is 0 Å². The third-order valence-electron chi connectivity index (χ3n) is 22.3. The Morgan fingerprint density at radius 1 is 0.272 bits per heavy atom. The minimum Gasteiger partial charge on any atom is -0.310 e. The third-order valence-corrected chi connectivity index (χ3v) is 22.3. The lowest BCUT2D eigenvalue weighted by Crippen LogP contribution is -2.61. The van der Waals surface area contributed by atoms with Gasteiger partial charge in [-0.2, -0.15) is 0 Å². The zero-order valence-corrected chi connectivity index (χ0v) is 58.9. The lowest BCUT2D eigenvalue weighted by atomic mass is 9.33. The first-order valence-corrected chi connectivity index (χ1v) is 36.3.